The summed E-state index contributed by atoms with van der Waals surface area (Å²) in [5.41, 5.74) is 6.88. The van der Waals surface area contributed by atoms with Gasteiger partial charge in [-0.05, 0) is 25.0 Å². The molecule has 0 heterocycles. The fraction of sp³-hybridized carbons (Fsp3) is 0.455. The number of nitrogens with one attached hydrogen (secondary N) is 1. The summed E-state index contributed by atoms with van der Waals surface area (Å²) in [7, 11) is 1.68. The second-order valence-corrected chi connectivity index (χ2v) is 3.81. The lowest BCUT2D eigenvalue weighted by molar-refractivity contribution is 0.416. The molecule has 1 fully saturated rings. The van der Waals surface area contributed by atoms with Crippen molar-refractivity contribution in [2.75, 3.05) is 19.0 Å². The van der Waals surface area contributed by atoms with E-state index in [0.29, 0.717) is 6.54 Å². The lowest BCUT2D eigenvalue weighted by Gasteiger charge is -2.18. The van der Waals surface area contributed by atoms with Gasteiger partial charge in [0.05, 0.1) is 12.8 Å². The molecule has 1 aromatic carbocycles. The number of hydrogen-bond acceptors (Lipinski definition) is 3. The normalized spacial score (nSPS) is 17.6. The van der Waals surface area contributed by atoms with E-state index in [1.807, 2.05) is 24.3 Å². The molecule has 3 heteroatoms. The van der Waals surface area contributed by atoms with Crippen LogP contribution in [0.2, 0.25) is 0 Å². The largest absolute Gasteiger partial charge is 0.495 e. The Morgan fingerprint density at radius 3 is 2.71 bits per heavy atom. The molecule has 0 aliphatic heterocycles. The zero-order valence-electron chi connectivity index (χ0n) is 8.42. The van der Waals surface area contributed by atoms with Gasteiger partial charge in [0, 0.05) is 12.1 Å². The first-order valence-corrected chi connectivity index (χ1v) is 4.91. The lowest BCUT2D eigenvalue weighted by atomic mass is 10.2. The summed E-state index contributed by atoms with van der Waals surface area (Å²) in [6.45, 7) is 0.686. The number of anilines is 1. The molecule has 0 saturated heterocycles. The zero-order chi connectivity index (χ0) is 10.0. The van der Waals surface area contributed by atoms with Crippen LogP contribution in [0.25, 0.3) is 0 Å². The van der Waals surface area contributed by atoms with Crippen molar-refractivity contribution in [1.29, 1.82) is 0 Å². The summed E-state index contributed by atoms with van der Waals surface area (Å²) in [6.07, 6.45) is 2.31. The molecule has 0 spiro atoms. The minimum Gasteiger partial charge on any atom is -0.495 e. The van der Waals surface area contributed by atoms with E-state index in [2.05, 4.69) is 5.32 Å². The number of hydrogen-bond donors (Lipinski definition) is 2. The van der Waals surface area contributed by atoms with Gasteiger partial charge in [0.25, 0.3) is 0 Å². The van der Waals surface area contributed by atoms with E-state index in [0.717, 1.165) is 24.3 Å². The number of benzene rings is 1. The standard InChI is InChI=1S/C11H16N2O/c1-14-10-5-3-2-4-9(10)13-11(8-12)6-7-11/h2-5,13H,6-8,12H2,1H3. The first-order chi connectivity index (χ1) is 6.79. The minimum absolute atomic E-state index is 0.134. The van der Waals surface area contributed by atoms with Crippen LogP contribution in [-0.4, -0.2) is 19.2 Å². The second kappa shape index (κ2) is 3.50. The van der Waals surface area contributed by atoms with Gasteiger partial charge in [-0.1, -0.05) is 12.1 Å². The number of rotatable bonds is 4. The Kier molecular flexibility index (Phi) is 2.33. The molecule has 0 atom stereocenters. The molecule has 76 valence electrons. The van der Waals surface area contributed by atoms with Crippen molar-refractivity contribution >= 4 is 5.69 Å². The van der Waals surface area contributed by atoms with Crippen molar-refractivity contribution < 1.29 is 4.74 Å². The minimum atomic E-state index is 0.134. The van der Waals surface area contributed by atoms with E-state index in [-0.39, 0.29) is 5.54 Å². The highest BCUT2D eigenvalue weighted by atomic mass is 16.5. The molecule has 1 saturated carbocycles. The van der Waals surface area contributed by atoms with Crippen molar-refractivity contribution in [3.63, 3.8) is 0 Å². The third-order valence-corrected chi connectivity index (χ3v) is 2.75. The Hall–Kier alpha value is -1.22. The van der Waals surface area contributed by atoms with Crippen LogP contribution in [0.15, 0.2) is 24.3 Å². The van der Waals surface area contributed by atoms with E-state index in [4.69, 9.17) is 10.5 Å². The van der Waals surface area contributed by atoms with Gasteiger partial charge in [0.1, 0.15) is 5.75 Å². The Morgan fingerprint density at radius 2 is 2.14 bits per heavy atom. The summed E-state index contributed by atoms with van der Waals surface area (Å²) >= 11 is 0. The average Bonchev–Trinajstić information content (AvgIpc) is 2.99. The van der Waals surface area contributed by atoms with Gasteiger partial charge in [-0.25, -0.2) is 0 Å². The van der Waals surface area contributed by atoms with Crippen molar-refractivity contribution in [2.24, 2.45) is 5.73 Å². The number of methoxy groups -OCH3 is 1. The first-order valence-electron chi connectivity index (χ1n) is 4.91. The SMILES string of the molecule is COc1ccccc1NC1(CN)CC1. The molecule has 0 radical (unpaired) electrons. The Labute approximate surface area is 84.3 Å². The summed E-state index contributed by atoms with van der Waals surface area (Å²) in [5.74, 6) is 0.882. The molecular formula is C11H16N2O. The fourth-order valence-electron chi connectivity index (χ4n) is 1.56. The topological polar surface area (TPSA) is 47.3 Å². The highest BCUT2D eigenvalue weighted by Gasteiger charge is 2.41. The molecule has 2 rings (SSSR count). The highest BCUT2D eigenvalue weighted by molar-refractivity contribution is 5.58. The van der Waals surface area contributed by atoms with Crippen LogP contribution in [0.1, 0.15) is 12.8 Å². The van der Waals surface area contributed by atoms with Crippen LogP contribution in [0.3, 0.4) is 0 Å². The number of para-hydroxylation sites is 2. The maximum atomic E-state index is 5.70. The molecule has 0 aromatic heterocycles. The predicted molar refractivity (Wildman–Crippen MR) is 57.6 cm³/mol. The van der Waals surface area contributed by atoms with Gasteiger partial charge >= 0.3 is 0 Å². The van der Waals surface area contributed by atoms with E-state index in [1.165, 1.54) is 0 Å². The molecule has 3 nitrogen and oxygen atoms in total. The van der Waals surface area contributed by atoms with Crippen LogP contribution < -0.4 is 15.8 Å². The molecule has 0 bridgehead atoms. The van der Waals surface area contributed by atoms with Gasteiger partial charge in [0.2, 0.25) is 0 Å². The number of nitrogens with two attached hydrogens (primary N) is 1. The van der Waals surface area contributed by atoms with Crippen LogP contribution in [0.5, 0.6) is 5.75 Å². The summed E-state index contributed by atoms with van der Waals surface area (Å²) in [4.78, 5) is 0. The molecular weight excluding hydrogens is 176 g/mol. The maximum Gasteiger partial charge on any atom is 0.141 e. The molecule has 0 amide bonds. The monoisotopic (exact) mass is 192 g/mol. The van der Waals surface area contributed by atoms with Crippen LogP contribution in [0, 0.1) is 0 Å². The number of ether oxygens (including phenoxy) is 1. The summed E-state index contributed by atoms with van der Waals surface area (Å²) < 4.78 is 5.26. The van der Waals surface area contributed by atoms with Crippen LogP contribution in [-0.2, 0) is 0 Å². The maximum absolute atomic E-state index is 5.70. The molecule has 0 unspecified atom stereocenters. The summed E-state index contributed by atoms with van der Waals surface area (Å²) in [6, 6.07) is 7.94. The summed E-state index contributed by atoms with van der Waals surface area (Å²) in [5, 5.41) is 3.45. The molecule has 1 aliphatic rings. The lowest BCUT2D eigenvalue weighted by Crippen LogP contribution is -2.30. The zero-order valence-corrected chi connectivity index (χ0v) is 8.42. The van der Waals surface area contributed by atoms with Gasteiger partial charge in [-0.2, -0.15) is 0 Å². The van der Waals surface area contributed by atoms with Crippen LogP contribution >= 0.6 is 0 Å². The van der Waals surface area contributed by atoms with Crippen molar-refractivity contribution in [3.8, 4) is 5.75 Å². The molecule has 1 aromatic rings. The fourth-order valence-corrected chi connectivity index (χ4v) is 1.56. The smallest absolute Gasteiger partial charge is 0.141 e. The third-order valence-electron chi connectivity index (χ3n) is 2.75. The van der Waals surface area contributed by atoms with Gasteiger partial charge in [-0.3, -0.25) is 0 Å². The predicted octanol–water partition coefficient (Wildman–Crippen LogP) is 1.60. The van der Waals surface area contributed by atoms with Gasteiger partial charge in [0.15, 0.2) is 0 Å². The Balaban J connectivity index is 2.16. The van der Waals surface area contributed by atoms with Crippen LogP contribution in [0.4, 0.5) is 5.69 Å². The van der Waals surface area contributed by atoms with E-state index < -0.39 is 0 Å². The Morgan fingerprint density at radius 1 is 1.43 bits per heavy atom. The second-order valence-electron chi connectivity index (χ2n) is 3.81. The van der Waals surface area contributed by atoms with Crippen molar-refractivity contribution in [2.45, 2.75) is 18.4 Å². The van der Waals surface area contributed by atoms with E-state index in [9.17, 15) is 0 Å². The van der Waals surface area contributed by atoms with Crippen molar-refractivity contribution in [1.82, 2.24) is 0 Å². The van der Waals surface area contributed by atoms with E-state index >= 15 is 0 Å². The average molecular weight is 192 g/mol. The quantitative estimate of drug-likeness (QED) is 0.761. The molecule has 3 N–H and O–H groups in total. The molecule has 14 heavy (non-hydrogen) atoms. The van der Waals surface area contributed by atoms with Crippen molar-refractivity contribution in [3.05, 3.63) is 24.3 Å². The molecule has 1 aliphatic carbocycles. The highest BCUT2D eigenvalue weighted by Crippen LogP contribution is 2.39. The van der Waals surface area contributed by atoms with Gasteiger partial charge < -0.3 is 15.8 Å². The Bertz CT molecular complexity index is 321. The van der Waals surface area contributed by atoms with Gasteiger partial charge in [-0.15, -0.1) is 0 Å². The van der Waals surface area contributed by atoms with E-state index in [1.54, 1.807) is 7.11 Å². The first kappa shape index (κ1) is 9.34. The third kappa shape index (κ3) is 1.68.